The van der Waals surface area contributed by atoms with E-state index < -0.39 is 0 Å². The van der Waals surface area contributed by atoms with Crippen LogP contribution in [0.1, 0.15) is 12.0 Å². The number of benzene rings is 2. The summed E-state index contributed by atoms with van der Waals surface area (Å²) in [5.41, 5.74) is 5.15. The number of rotatable bonds is 5. The van der Waals surface area contributed by atoms with Crippen molar-refractivity contribution in [3.05, 3.63) is 54.1 Å². The molecule has 2 N–H and O–H groups in total. The molecular weight excluding hydrogens is 306 g/mol. The number of hydrazone groups is 1. The molecule has 1 heterocycles. The predicted molar refractivity (Wildman–Crippen MR) is 92.7 cm³/mol. The van der Waals surface area contributed by atoms with Crippen LogP contribution < -0.4 is 20.2 Å². The van der Waals surface area contributed by atoms with Gasteiger partial charge in [-0.2, -0.15) is 5.10 Å². The summed E-state index contributed by atoms with van der Waals surface area (Å²) in [4.78, 5) is 12.0. The van der Waals surface area contributed by atoms with Crippen molar-refractivity contribution in [2.24, 2.45) is 5.10 Å². The summed E-state index contributed by atoms with van der Waals surface area (Å²) in [6.07, 6.45) is 0.667. The van der Waals surface area contributed by atoms with E-state index in [1.807, 2.05) is 48.5 Å². The fourth-order valence-electron chi connectivity index (χ4n) is 2.42. The van der Waals surface area contributed by atoms with E-state index in [1.165, 1.54) is 0 Å². The molecule has 1 amide bonds. The molecule has 0 atom stereocenters. The van der Waals surface area contributed by atoms with Crippen molar-refractivity contribution < 1.29 is 14.3 Å². The molecule has 0 aliphatic carbocycles. The van der Waals surface area contributed by atoms with Crippen LogP contribution in [-0.2, 0) is 4.79 Å². The lowest BCUT2D eigenvalue weighted by Crippen LogP contribution is -2.28. The van der Waals surface area contributed by atoms with Gasteiger partial charge in [-0.15, -0.1) is 0 Å². The summed E-state index contributed by atoms with van der Waals surface area (Å²) >= 11 is 0. The molecule has 124 valence electrons. The summed E-state index contributed by atoms with van der Waals surface area (Å²) in [5.74, 6) is 1.32. The molecule has 3 rings (SSSR count). The molecule has 0 fully saturated rings. The van der Waals surface area contributed by atoms with E-state index in [9.17, 15) is 4.79 Å². The van der Waals surface area contributed by atoms with Crippen molar-refractivity contribution in [2.45, 2.75) is 6.42 Å². The molecule has 0 radical (unpaired) electrons. The number of hydrogen-bond acceptors (Lipinski definition) is 5. The van der Waals surface area contributed by atoms with Gasteiger partial charge < -0.3 is 14.8 Å². The van der Waals surface area contributed by atoms with Gasteiger partial charge in [0.25, 0.3) is 5.91 Å². The van der Waals surface area contributed by atoms with Gasteiger partial charge in [0, 0.05) is 23.7 Å². The lowest BCUT2D eigenvalue weighted by Gasteiger charge is -2.18. The third-order valence-corrected chi connectivity index (χ3v) is 3.63. The van der Waals surface area contributed by atoms with Crippen LogP contribution in [0.15, 0.2) is 53.6 Å². The van der Waals surface area contributed by atoms with E-state index in [-0.39, 0.29) is 12.5 Å². The Labute approximate surface area is 140 Å². The average Bonchev–Trinajstić information content (AvgIpc) is 2.64. The Hall–Kier alpha value is -3.02. The Bertz CT molecular complexity index is 759. The SMILES string of the molecule is COc1cccc(NCC(=O)N/N=C2/CCOc3ccccc32)c1. The maximum Gasteiger partial charge on any atom is 0.259 e. The lowest BCUT2D eigenvalue weighted by molar-refractivity contribution is -0.119. The van der Waals surface area contributed by atoms with Crippen molar-refractivity contribution in [1.82, 2.24) is 5.43 Å². The Morgan fingerprint density at radius 1 is 1.25 bits per heavy atom. The number of nitrogens with zero attached hydrogens (tertiary/aromatic N) is 1. The van der Waals surface area contributed by atoms with E-state index in [0.29, 0.717) is 13.0 Å². The maximum atomic E-state index is 12.0. The summed E-state index contributed by atoms with van der Waals surface area (Å²) < 4.78 is 10.7. The highest BCUT2D eigenvalue weighted by Crippen LogP contribution is 2.24. The standard InChI is InChI=1S/C18H19N3O3/c1-23-14-6-4-5-13(11-14)19-12-18(22)21-20-16-9-10-24-17-8-3-2-7-15(16)17/h2-8,11,19H,9-10,12H2,1H3,(H,21,22)/b20-16-. The molecule has 0 saturated heterocycles. The zero-order chi connectivity index (χ0) is 16.8. The molecule has 0 spiro atoms. The second-order valence-electron chi connectivity index (χ2n) is 5.27. The van der Waals surface area contributed by atoms with Crippen LogP contribution in [0, 0.1) is 0 Å². The number of nitrogens with one attached hydrogen (secondary N) is 2. The number of para-hydroxylation sites is 1. The van der Waals surface area contributed by atoms with Gasteiger partial charge in [-0.25, -0.2) is 5.43 Å². The van der Waals surface area contributed by atoms with E-state index in [2.05, 4.69) is 15.8 Å². The first-order valence-corrected chi connectivity index (χ1v) is 7.72. The van der Waals surface area contributed by atoms with Gasteiger partial charge >= 0.3 is 0 Å². The Kier molecular flexibility index (Phi) is 4.96. The number of fused-ring (bicyclic) bond motifs is 1. The van der Waals surface area contributed by atoms with E-state index in [0.717, 1.165) is 28.5 Å². The van der Waals surface area contributed by atoms with Gasteiger partial charge in [-0.3, -0.25) is 4.79 Å². The van der Waals surface area contributed by atoms with Gasteiger partial charge in [-0.1, -0.05) is 18.2 Å². The zero-order valence-corrected chi connectivity index (χ0v) is 13.4. The monoisotopic (exact) mass is 325 g/mol. The molecule has 6 heteroatoms. The highest BCUT2D eigenvalue weighted by Gasteiger charge is 2.16. The highest BCUT2D eigenvalue weighted by atomic mass is 16.5. The minimum atomic E-state index is -0.214. The van der Waals surface area contributed by atoms with Crippen LogP contribution in [-0.4, -0.2) is 31.9 Å². The third-order valence-electron chi connectivity index (χ3n) is 3.63. The Morgan fingerprint density at radius 3 is 3.00 bits per heavy atom. The minimum Gasteiger partial charge on any atom is -0.497 e. The lowest BCUT2D eigenvalue weighted by atomic mass is 10.0. The van der Waals surface area contributed by atoms with Crippen LogP contribution in [0.5, 0.6) is 11.5 Å². The first-order valence-electron chi connectivity index (χ1n) is 7.72. The molecule has 0 aromatic heterocycles. The topological polar surface area (TPSA) is 72.0 Å². The molecule has 24 heavy (non-hydrogen) atoms. The van der Waals surface area contributed by atoms with Gasteiger partial charge in [0.05, 0.1) is 26.0 Å². The van der Waals surface area contributed by atoms with E-state index in [1.54, 1.807) is 7.11 Å². The van der Waals surface area contributed by atoms with Gasteiger partial charge in [0.15, 0.2) is 0 Å². The smallest absolute Gasteiger partial charge is 0.259 e. The second kappa shape index (κ2) is 7.50. The first-order chi connectivity index (χ1) is 11.8. The number of ether oxygens (including phenoxy) is 2. The molecule has 2 aromatic rings. The maximum absolute atomic E-state index is 12.0. The quantitative estimate of drug-likeness (QED) is 0.828. The number of hydrogen-bond donors (Lipinski definition) is 2. The number of anilines is 1. The highest BCUT2D eigenvalue weighted by molar-refractivity contribution is 6.04. The molecule has 0 unspecified atom stereocenters. The molecular formula is C18H19N3O3. The fourth-order valence-corrected chi connectivity index (χ4v) is 2.42. The van der Waals surface area contributed by atoms with Crippen molar-refractivity contribution in [3.8, 4) is 11.5 Å². The number of carbonyl (C=O) groups excluding carboxylic acids is 1. The van der Waals surface area contributed by atoms with E-state index >= 15 is 0 Å². The van der Waals surface area contributed by atoms with Crippen LogP contribution in [0.2, 0.25) is 0 Å². The molecule has 0 bridgehead atoms. The molecule has 0 saturated carbocycles. The second-order valence-corrected chi connectivity index (χ2v) is 5.27. The van der Waals surface area contributed by atoms with Crippen LogP contribution in [0.3, 0.4) is 0 Å². The zero-order valence-electron chi connectivity index (χ0n) is 13.4. The van der Waals surface area contributed by atoms with Crippen LogP contribution in [0.25, 0.3) is 0 Å². The van der Waals surface area contributed by atoms with Gasteiger partial charge in [-0.05, 0) is 24.3 Å². The molecule has 2 aromatic carbocycles. The van der Waals surface area contributed by atoms with Crippen LogP contribution in [0.4, 0.5) is 5.69 Å². The Morgan fingerprint density at radius 2 is 2.12 bits per heavy atom. The van der Waals surface area contributed by atoms with E-state index in [4.69, 9.17) is 9.47 Å². The minimum absolute atomic E-state index is 0.127. The van der Waals surface area contributed by atoms with Crippen molar-refractivity contribution >= 4 is 17.3 Å². The Balaban J connectivity index is 1.58. The predicted octanol–water partition coefficient (Wildman–Crippen LogP) is 2.41. The van der Waals surface area contributed by atoms with Crippen molar-refractivity contribution in [1.29, 1.82) is 0 Å². The van der Waals surface area contributed by atoms with Crippen molar-refractivity contribution in [3.63, 3.8) is 0 Å². The summed E-state index contributed by atoms with van der Waals surface area (Å²) in [6.45, 7) is 0.690. The largest absolute Gasteiger partial charge is 0.497 e. The summed E-state index contributed by atoms with van der Waals surface area (Å²) in [5, 5.41) is 7.28. The molecule has 1 aliphatic rings. The average molecular weight is 325 g/mol. The molecule has 1 aliphatic heterocycles. The van der Waals surface area contributed by atoms with Crippen molar-refractivity contribution in [2.75, 3.05) is 25.6 Å². The van der Waals surface area contributed by atoms with Gasteiger partial charge in [0.1, 0.15) is 11.5 Å². The number of carbonyl (C=O) groups is 1. The fraction of sp³-hybridized carbons (Fsp3) is 0.222. The normalized spacial score (nSPS) is 14.5. The third kappa shape index (κ3) is 3.84. The first kappa shape index (κ1) is 15.9. The number of amides is 1. The number of methoxy groups -OCH3 is 1. The summed E-state index contributed by atoms with van der Waals surface area (Å²) in [7, 11) is 1.60. The van der Waals surface area contributed by atoms with Gasteiger partial charge in [0.2, 0.25) is 0 Å². The van der Waals surface area contributed by atoms with Crippen LogP contribution >= 0.6 is 0 Å². The molecule has 6 nitrogen and oxygen atoms in total. The summed E-state index contributed by atoms with van der Waals surface area (Å²) in [6, 6.07) is 15.1.